The summed E-state index contributed by atoms with van der Waals surface area (Å²) >= 11 is 3.37. The van der Waals surface area contributed by atoms with E-state index in [4.69, 9.17) is 0 Å². The third-order valence-electron chi connectivity index (χ3n) is 2.93. The number of rotatable bonds is 6. The summed E-state index contributed by atoms with van der Waals surface area (Å²) in [6.45, 7) is 3.55. The van der Waals surface area contributed by atoms with Gasteiger partial charge in [0.05, 0.1) is 11.3 Å². The molecule has 1 aromatic heterocycles. The average molecular weight is 339 g/mol. The Morgan fingerprint density at radius 3 is 2.95 bits per heavy atom. The molecule has 2 rings (SSSR count). The van der Waals surface area contributed by atoms with Crippen LogP contribution in [0.5, 0.6) is 0 Å². The number of nitrogens with zero attached hydrogens (tertiary/aromatic N) is 3. The molecule has 7 heteroatoms. The van der Waals surface area contributed by atoms with Gasteiger partial charge in [0.1, 0.15) is 0 Å². The number of imidazole rings is 1. The number of hydrogen-bond acceptors (Lipinski definition) is 4. The Morgan fingerprint density at radius 2 is 2.35 bits per heavy atom. The highest BCUT2D eigenvalue weighted by Gasteiger charge is 2.10. The molecule has 1 unspecified atom stereocenters. The zero-order valence-corrected chi connectivity index (χ0v) is 12.6. The highest BCUT2D eigenvalue weighted by molar-refractivity contribution is 9.10. The molecule has 0 saturated carbocycles. The zero-order chi connectivity index (χ0) is 14.5. The normalized spacial score (nSPS) is 12.3. The molecule has 0 aliphatic carbocycles. The SMILES string of the molecule is CC(Cn1ccnc1)NCc1ccc([N+](=O)[O-])cc1Br. The second kappa shape index (κ2) is 6.62. The van der Waals surface area contributed by atoms with E-state index >= 15 is 0 Å². The van der Waals surface area contributed by atoms with E-state index in [-0.39, 0.29) is 11.7 Å². The number of hydrogen-bond donors (Lipinski definition) is 1. The van der Waals surface area contributed by atoms with Crippen LogP contribution in [-0.4, -0.2) is 20.5 Å². The molecule has 0 radical (unpaired) electrons. The van der Waals surface area contributed by atoms with E-state index in [0.717, 1.165) is 16.6 Å². The van der Waals surface area contributed by atoms with Crippen molar-refractivity contribution in [3.63, 3.8) is 0 Å². The summed E-state index contributed by atoms with van der Waals surface area (Å²) < 4.78 is 2.75. The minimum absolute atomic E-state index is 0.0899. The predicted molar refractivity (Wildman–Crippen MR) is 79.3 cm³/mol. The van der Waals surface area contributed by atoms with Crippen LogP contribution in [0, 0.1) is 10.1 Å². The summed E-state index contributed by atoms with van der Waals surface area (Å²) in [7, 11) is 0. The maximum atomic E-state index is 10.7. The Kier molecular flexibility index (Phi) is 4.86. The van der Waals surface area contributed by atoms with Crippen LogP contribution in [0.2, 0.25) is 0 Å². The molecule has 0 fully saturated rings. The van der Waals surface area contributed by atoms with Crippen molar-refractivity contribution in [2.45, 2.75) is 26.1 Å². The van der Waals surface area contributed by atoms with Crippen molar-refractivity contribution < 1.29 is 4.92 Å². The van der Waals surface area contributed by atoms with Crippen LogP contribution in [0.25, 0.3) is 0 Å². The molecule has 2 aromatic rings. The molecule has 0 spiro atoms. The quantitative estimate of drug-likeness (QED) is 0.649. The summed E-state index contributed by atoms with van der Waals surface area (Å²) in [5.74, 6) is 0. The van der Waals surface area contributed by atoms with E-state index < -0.39 is 4.92 Å². The van der Waals surface area contributed by atoms with E-state index in [2.05, 4.69) is 33.2 Å². The van der Waals surface area contributed by atoms with Crippen LogP contribution < -0.4 is 5.32 Å². The molecule has 0 aliphatic heterocycles. The molecule has 0 saturated heterocycles. The number of nitro benzene ring substituents is 1. The minimum atomic E-state index is -0.399. The van der Waals surface area contributed by atoms with E-state index in [1.165, 1.54) is 12.1 Å². The van der Waals surface area contributed by atoms with Gasteiger partial charge in [-0.2, -0.15) is 0 Å². The van der Waals surface area contributed by atoms with Gasteiger partial charge in [-0.25, -0.2) is 4.98 Å². The maximum absolute atomic E-state index is 10.7. The second-order valence-electron chi connectivity index (χ2n) is 4.57. The Balaban J connectivity index is 1.92. The van der Waals surface area contributed by atoms with Gasteiger partial charge in [0.15, 0.2) is 0 Å². The topological polar surface area (TPSA) is 73.0 Å². The number of halogens is 1. The van der Waals surface area contributed by atoms with Crippen LogP contribution in [0.1, 0.15) is 12.5 Å². The number of non-ortho nitro benzene ring substituents is 1. The first kappa shape index (κ1) is 14.7. The molecule has 106 valence electrons. The van der Waals surface area contributed by atoms with Gasteiger partial charge in [-0.1, -0.05) is 15.9 Å². The summed E-state index contributed by atoms with van der Waals surface area (Å²) in [4.78, 5) is 14.3. The van der Waals surface area contributed by atoms with Crippen molar-refractivity contribution in [1.82, 2.24) is 14.9 Å². The van der Waals surface area contributed by atoms with Crippen molar-refractivity contribution in [1.29, 1.82) is 0 Å². The first-order valence-corrected chi connectivity index (χ1v) is 6.97. The van der Waals surface area contributed by atoms with Crippen LogP contribution in [0.15, 0.2) is 41.4 Å². The van der Waals surface area contributed by atoms with Gasteiger partial charge in [-0.05, 0) is 18.6 Å². The van der Waals surface area contributed by atoms with Gasteiger partial charge in [-0.15, -0.1) is 0 Å². The van der Waals surface area contributed by atoms with Crippen LogP contribution in [-0.2, 0) is 13.1 Å². The minimum Gasteiger partial charge on any atom is -0.336 e. The van der Waals surface area contributed by atoms with Gasteiger partial charge >= 0.3 is 0 Å². The number of nitro groups is 1. The second-order valence-corrected chi connectivity index (χ2v) is 5.43. The van der Waals surface area contributed by atoms with E-state index in [9.17, 15) is 10.1 Å². The fourth-order valence-electron chi connectivity index (χ4n) is 1.85. The van der Waals surface area contributed by atoms with E-state index in [1.54, 1.807) is 18.6 Å². The fraction of sp³-hybridized carbons (Fsp3) is 0.308. The van der Waals surface area contributed by atoms with Crippen LogP contribution >= 0.6 is 15.9 Å². The summed E-state index contributed by atoms with van der Waals surface area (Å²) in [5, 5.41) is 14.0. The molecule has 1 N–H and O–H groups in total. The Hall–Kier alpha value is -1.73. The lowest BCUT2D eigenvalue weighted by atomic mass is 10.2. The number of aromatic nitrogens is 2. The number of nitrogens with one attached hydrogen (secondary N) is 1. The van der Waals surface area contributed by atoms with Crippen molar-refractivity contribution in [2.75, 3.05) is 0 Å². The molecule has 0 aliphatic rings. The standard InChI is InChI=1S/C13H15BrN4O2/c1-10(8-17-5-4-15-9-17)16-7-11-2-3-12(18(19)20)6-13(11)14/h2-6,9-10,16H,7-8H2,1H3. The summed E-state index contributed by atoms with van der Waals surface area (Å²) in [6.07, 6.45) is 5.44. The Labute approximate surface area is 125 Å². The molecule has 0 bridgehead atoms. The summed E-state index contributed by atoms with van der Waals surface area (Å²) in [6, 6.07) is 5.07. The van der Waals surface area contributed by atoms with Gasteiger partial charge in [0.25, 0.3) is 5.69 Å². The average Bonchev–Trinajstić information content (AvgIpc) is 2.90. The maximum Gasteiger partial charge on any atom is 0.270 e. The Bertz CT molecular complexity index is 586. The summed E-state index contributed by atoms with van der Waals surface area (Å²) in [5.41, 5.74) is 1.08. The fourth-order valence-corrected chi connectivity index (χ4v) is 2.36. The molecule has 20 heavy (non-hydrogen) atoms. The first-order chi connectivity index (χ1) is 9.56. The van der Waals surface area contributed by atoms with Crippen molar-refractivity contribution in [2.24, 2.45) is 0 Å². The molecular formula is C13H15BrN4O2. The molecule has 1 aromatic carbocycles. The lowest BCUT2D eigenvalue weighted by molar-refractivity contribution is -0.384. The Morgan fingerprint density at radius 1 is 1.55 bits per heavy atom. The lowest BCUT2D eigenvalue weighted by Gasteiger charge is -2.15. The lowest BCUT2D eigenvalue weighted by Crippen LogP contribution is -2.29. The van der Waals surface area contributed by atoms with Crippen LogP contribution in [0.4, 0.5) is 5.69 Å². The number of benzene rings is 1. The van der Waals surface area contributed by atoms with Gasteiger partial charge in [0.2, 0.25) is 0 Å². The molecule has 0 amide bonds. The van der Waals surface area contributed by atoms with Gasteiger partial charge in [-0.3, -0.25) is 10.1 Å². The van der Waals surface area contributed by atoms with Crippen molar-refractivity contribution in [3.8, 4) is 0 Å². The highest BCUT2D eigenvalue weighted by atomic mass is 79.9. The molecule has 1 heterocycles. The smallest absolute Gasteiger partial charge is 0.270 e. The highest BCUT2D eigenvalue weighted by Crippen LogP contribution is 2.22. The first-order valence-electron chi connectivity index (χ1n) is 6.18. The van der Waals surface area contributed by atoms with E-state index in [0.29, 0.717) is 6.54 Å². The van der Waals surface area contributed by atoms with Crippen LogP contribution in [0.3, 0.4) is 0 Å². The predicted octanol–water partition coefficient (Wildman–Crippen LogP) is 2.73. The monoisotopic (exact) mass is 338 g/mol. The largest absolute Gasteiger partial charge is 0.336 e. The molecule has 6 nitrogen and oxygen atoms in total. The third-order valence-corrected chi connectivity index (χ3v) is 3.67. The van der Waals surface area contributed by atoms with Crippen molar-refractivity contribution >= 4 is 21.6 Å². The molecular weight excluding hydrogens is 324 g/mol. The zero-order valence-electron chi connectivity index (χ0n) is 11.0. The molecule has 1 atom stereocenters. The third kappa shape index (κ3) is 3.88. The van der Waals surface area contributed by atoms with Gasteiger partial charge < -0.3 is 9.88 Å². The van der Waals surface area contributed by atoms with Gasteiger partial charge in [0, 0.05) is 48.1 Å². The van der Waals surface area contributed by atoms with Crippen molar-refractivity contribution in [3.05, 3.63) is 57.1 Å². The van der Waals surface area contributed by atoms with E-state index in [1.807, 2.05) is 10.8 Å².